The molecule has 0 spiro atoms. The third kappa shape index (κ3) is 2.72. The van der Waals surface area contributed by atoms with Crippen LogP contribution in [0.25, 0.3) is 0 Å². The van der Waals surface area contributed by atoms with E-state index in [9.17, 15) is 22.0 Å². The van der Waals surface area contributed by atoms with Gasteiger partial charge in [0.25, 0.3) is 6.43 Å². The van der Waals surface area contributed by atoms with Crippen LogP contribution in [0.5, 0.6) is 0 Å². The lowest BCUT2D eigenvalue weighted by atomic mass is 10.0. The number of nitrogens with zero attached hydrogens (tertiary/aromatic N) is 3. The lowest BCUT2D eigenvalue weighted by Crippen LogP contribution is -2.12. The Labute approximate surface area is 98.1 Å². The second kappa shape index (κ2) is 4.96. The van der Waals surface area contributed by atoms with Crippen molar-refractivity contribution in [3.8, 4) is 12.1 Å². The first-order valence-corrected chi connectivity index (χ1v) is 4.47. The van der Waals surface area contributed by atoms with E-state index in [1.165, 1.54) is 12.1 Å². The van der Waals surface area contributed by atoms with Gasteiger partial charge in [-0.2, -0.15) is 23.7 Å². The summed E-state index contributed by atoms with van der Waals surface area (Å²) in [6, 6.07) is 2.96. The second-order valence-electron chi connectivity index (χ2n) is 3.17. The second-order valence-corrected chi connectivity index (χ2v) is 3.17. The summed E-state index contributed by atoms with van der Waals surface area (Å²) in [5.41, 5.74) is -3.84. The molecule has 0 fully saturated rings. The topological polar surface area (TPSA) is 60.5 Å². The molecule has 0 N–H and O–H groups in total. The summed E-state index contributed by atoms with van der Waals surface area (Å²) in [7, 11) is 0. The number of hydrogen-bond donors (Lipinski definition) is 0. The first kappa shape index (κ1) is 13.8. The van der Waals surface area contributed by atoms with Gasteiger partial charge in [-0.25, -0.2) is 13.8 Å². The molecule has 94 valence electrons. The minimum atomic E-state index is -4.93. The molecule has 0 radical (unpaired) electrons. The zero-order valence-electron chi connectivity index (χ0n) is 8.59. The maximum atomic E-state index is 12.6. The van der Waals surface area contributed by atoms with Crippen LogP contribution in [0.3, 0.4) is 0 Å². The molecule has 0 bridgehead atoms. The Morgan fingerprint density at radius 2 is 1.89 bits per heavy atom. The number of pyridine rings is 1. The third-order valence-corrected chi connectivity index (χ3v) is 2.05. The molecule has 0 aliphatic rings. The Morgan fingerprint density at radius 1 is 1.28 bits per heavy atom. The fourth-order valence-corrected chi connectivity index (χ4v) is 1.29. The van der Waals surface area contributed by atoms with Gasteiger partial charge >= 0.3 is 6.18 Å². The van der Waals surface area contributed by atoms with Gasteiger partial charge in [0.15, 0.2) is 0 Å². The summed E-state index contributed by atoms with van der Waals surface area (Å²) in [5, 5.41) is 17.0. The van der Waals surface area contributed by atoms with Crippen molar-refractivity contribution in [2.75, 3.05) is 0 Å². The van der Waals surface area contributed by atoms with Gasteiger partial charge in [-0.15, -0.1) is 0 Å². The number of halogens is 5. The Hall–Kier alpha value is -2.22. The zero-order valence-corrected chi connectivity index (χ0v) is 8.59. The van der Waals surface area contributed by atoms with Gasteiger partial charge in [-0.3, -0.25) is 0 Å². The molecule has 0 atom stereocenters. The van der Waals surface area contributed by atoms with Crippen LogP contribution in [-0.2, 0) is 12.6 Å². The van der Waals surface area contributed by atoms with Crippen molar-refractivity contribution in [2.24, 2.45) is 0 Å². The van der Waals surface area contributed by atoms with Gasteiger partial charge in [0, 0.05) is 11.1 Å². The van der Waals surface area contributed by atoms with E-state index >= 15 is 0 Å². The molecule has 0 saturated carbocycles. The van der Waals surface area contributed by atoms with E-state index in [1.54, 1.807) is 0 Å². The highest BCUT2D eigenvalue weighted by atomic mass is 19.4. The fraction of sp³-hybridized carbons (Fsp3) is 0.300. The molecule has 1 aromatic heterocycles. The van der Waals surface area contributed by atoms with Gasteiger partial charge in [0.05, 0.1) is 12.5 Å². The van der Waals surface area contributed by atoms with E-state index in [4.69, 9.17) is 10.5 Å². The lowest BCUT2D eigenvalue weighted by molar-refractivity contribution is -0.141. The highest BCUT2D eigenvalue weighted by Crippen LogP contribution is 2.33. The van der Waals surface area contributed by atoms with Crippen LogP contribution in [0.1, 0.15) is 28.9 Å². The molecule has 0 saturated heterocycles. The maximum absolute atomic E-state index is 12.6. The molecule has 0 amide bonds. The Bertz CT molecular complexity index is 536. The van der Waals surface area contributed by atoms with E-state index in [2.05, 4.69) is 4.98 Å². The van der Waals surface area contributed by atoms with Gasteiger partial charge in [-0.05, 0) is 6.07 Å². The fourth-order valence-electron chi connectivity index (χ4n) is 1.29. The standard InChI is InChI=1S/C10H4F5N3/c11-9(12)6-3-8(10(13,14)15)18-7(4-17)5(6)1-2-16/h3,9H,1H2. The molecular weight excluding hydrogens is 257 g/mol. The van der Waals surface area contributed by atoms with Crippen LogP contribution in [0, 0.1) is 22.7 Å². The van der Waals surface area contributed by atoms with Gasteiger partial charge in [-0.1, -0.05) is 0 Å². The number of hydrogen-bond acceptors (Lipinski definition) is 3. The molecular formula is C10H4F5N3. The molecule has 0 aliphatic carbocycles. The van der Waals surface area contributed by atoms with Crippen LogP contribution < -0.4 is 0 Å². The smallest absolute Gasteiger partial charge is 0.232 e. The number of alkyl halides is 5. The van der Waals surface area contributed by atoms with E-state index in [-0.39, 0.29) is 6.07 Å². The van der Waals surface area contributed by atoms with Crippen molar-refractivity contribution in [3.63, 3.8) is 0 Å². The molecule has 3 nitrogen and oxygen atoms in total. The summed E-state index contributed by atoms with van der Waals surface area (Å²) < 4.78 is 62.4. The monoisotopic (exact) mass is 261 g/mol. The average Bonchev–Trinajstić information content (AvgIpc) is 2.27. The van der Waals surface area contributed by atoms with E-state index in [0.717, 1.165) is 0 Å². The SMILES string of the molecule is N#CCc1c(C(F)F)cc(C(F)(F)F)nc1C#N. The number of rotatable bonds is 2. The summed E-state index contributed by atoms with van der Waals surface area (Å²) in [4.78, 5) is 2.95. The van der Waals surface area contributed by atoms with Crippen LogP contribution >= 0.6 is 0 Å². The number of aromatic nitrogens is 1. The van der Waals surface area contributed by atoms with Crippen molar-refractivity contribution < 1.29 is 22.0 Å². The largest absolute Gasteiger partial charge is 0.433 e. The molecule has 0 aliphatic heterocycles. The van der Waals surface area contributed by atoms with E-state index in [1.807, 2.05) is 0 Å². The summed E-state index contributed by atoms with van der Waals surface area (Å²) in [5.74, 6) is 0. The molecule has 18 heavy (non-hydrogen) atoms. The van der Waals surface area contributed by atoms with Gasteiger partial charge in [0.2, 0.25) is 0 Å². The van der Waals surface area contributed by atoms with Crippen molar-refractivity contribution in [1.29, 1.82) is 10.5 Å². The predicted octanol–water partition coefficient (Wildman–Crippen LogP) is 2.98. The summed E-state index contributed by atoms with van der Waals surface area (Å²) in [6.07, 6.45) is -8.75. The highest BCUT2D eigenvalue weighted by Gasteiger charge is 2.35. The molecule has 0 aromatic carbocycles. The first-order chi connectivity index (χ1) is 8.31. The molecule has 1 aromatic rings. The highest BCUT2D eigenvalue weighted by molar-refractivity contribution is 5.42. The summed E-state index contributed by atoms with van der Waals surface area (Å²) in [6.45, 7) is 0. The van der Waals surface area contributed by atoms with Crippen LogP contribution in [0.4, 0.5) is 22.0 Å². The Kier molecular flexibility index (Phi) is 3.82. The van der Waals surface area contributed by atoms with Gasteiger partial charge in [0.1, 0.15) is 17.5 Å². The number of nitriles is 2. The minimum absolute atomic E-state index is 0.165. The lowest BCUT2D eigenvalue weighted by Gasteiger charge is -2.12. The van der Waals surface area contributed by atoms with Gasteiger partial charge < -0.3 is 0 Å². The van der Waals surface area contributed by atoms with Crippen molar-refractivity contribution in [1.82, 2.24) is 4.98 Å². The summed E-state index contributed by atoms with van der Waals surface area (Å²) >= 11 is 0. The third-order valence-electron chi connectivity index (χ3n) is 2.05. The van der Waals surface area contributed by atoms with E-state index < -0.39 is 41.5 Å². The molecule has 8 heteroatoms. The predicted molar refractivity (Wildman–Crippen MR) is 48.2 cm³/mol. The first-order valence-electron chi connectivity index (χ1n) is 4.47. The molecule has 1 rings (SSSR count). The van der Waals surface area contributed by atoms with Crippen LogP contribution in [-0.4, -0.2) is 4.98 Å². The normalized spacial score (nSPS) is 11.1. The molecule has 1 heterocycles. The molecule has 0 unspecified atom stereocenters. The minimum Gasteiger partial charge on any atom is -0.232 e. The maximum Gasteiger partial charge on any atom is 0.433 e. The van der Waals surface area contributed by atoms with Crippen molar-refractivity contribution in [2.45, 2.75) is 19.0 Å². The van der Waals surface area contributed by atoms with E-state index in [0.29, 0.717) is 0 Å². The van der Waals surface area contributed by atoms with Crippen molar-refractivity contribution >= 4 is 0 Å². The van der Waals surface area contributed by atoms with Crippen LogP contribution in [0.15, 0.2) is 6.07 Å². The Balaban J connectivity index is 3.56. The zero-order chi connectivity index (χ0) is 13.9. The quantitative estimate of drug-likeness (QED) is 0.769. The van der Waals surface area contributed by atoms with Crippen molar-refractivity contribution in [3.05, 3.63) is 28.6 Å². The van der Waals surface area contributed by atoms with Crippen LogP contribution in [0.2, 0.25) is 0 Å². The Morgan fingerprint density at radius 3 is 2.28 bits per heavy atom. The average molecular weight is 261 g/mol.